The molecule has 114 valence electrons. The zero-order valence-electron chi connectivity index (χ0n) is 11.0. The molecule has 21 heavy (non-hydrogen) atoms. The molecule has 0 bridgehead atoms. The first kappa shape index (κ1) is 17.1. The highest BCUT2D eigenvalue weighted by atomic mass is 35.5. The smallest absolute Gasteiger partial charge is 0.466 e. The van der Waals surface area contributed by atoms with Gasteiger partial charge in [0.1, 0.15) is 5.75 Å². The largest absolute Gasteiger partial charge is 0.573 e. The second kappa shape index (κ2) is 7.18. The Hall–Kier alpha value is -1.94. The number of alkyl halides is 4. The number of ether oxygens (including phenoxy) is 2. The quantitative estimate of drug-likeness (QED) is 0.616. The number of halogens is 4. The van der Waals surface area contributed by atoms with Gasteiger partial charge in [0.15, 0.2) is 0 Å². The van der Waals surface area contributed by atoms with Crippen molar-refractivity contribution in [3.8, 4) is 11.8 Å². The molecule has 0 N–H and O–H groups in total. The van der Waals surface area contributed by atoms with E-state index in [0.717, 1.165) is 6.07 Å². The Balaban J connectivity index is 3.21. The maximum Gasteiger partial charge on any atom is 0.573 e. The summed E-state index contributed by atoms with van der Waals surface area (Å²) in [6.45, 7) is 1.75. The molecule has 0 fully saturated rings. The summed E-state index contributed by atoms with van der Waals surface area (Å²) in [5.74, 6) is -1.53. The number of hydrogen-bond acceptors (Lipinski definition) is 4. The Morgan fingerprint density at radius 3 is 2.57 bits per heavy atom. The van der Waals surface area contributed by atoms with Gasteiger partial charge in [-0.15, -0.1) is 24.8 Å². The highest BCUT2D eigenvalue weighted by Crippen LogP contribution is 2.31. The first-order valence-corrected chi connectivity index (χ1v) is 6.37. The van der Waals surface area contributed by atoms with Gasteiger partial charge in [0.2, 0.25) is 0 Å². The van der Waals surface area contributed by atoms with E-state index in [1.807, 2.05) is 0 Å². The summed E-state index contributed by atoms with van der Waals surface area (Å²) >= 11 is 5.56. The van der Waals surface area contributed by atoms with Crippen LogP contribution >= 0.6 is 11.6 Å². The fourth-order valence-electron chi connectivity index (χ4n) is 1.64. The Bertz CT molecular complexity index is 567. The molecule has 1 aromatic rings. The first-order chi connectivity index (χ1) is 9.80. The molecule has 0 aromatic heterocycles. The average Bonchev–Trinajstić information content (AvgIpc) is 2.36. The van der Waals surface area contributed by atoms with Gasteiger partial charge < -0.3 is 9.47 Å². The number of carbonyl (C=O) groups excluding carboxylic acids is 1. The van der Waals surface area contributed by atoms with Gasteiger partial charge in [-0.1, -0.05) is 0 Å². The van der Waals surface area contributed by atoms with Crippen LogP contribution < -0.4 is 4.74 Å². The molecule has 0 unspecified atom stereocenters. The highest BCUT2D eigenvalue weighted by molar-refractivity contribution is 6.17. The second-order valence-electron chi connectivity index (χ2n) is 3.90. The van der Waals surface area contributed by atoms with Gasteiger partial charge in [-0.25, -0.2) is 0 Å². The molecule has 0 radical (unpaired) electrons. The van der Waals surface area contributed by atoms with Crippen LogP contribution in [0.3, 0.4) is 0 Å². The number of esters is 1. The van der Waals surface area contributed by atoms with Crippen LogP contribution in [0.5, 0.6) is 5.75 Å². The van der Waals surface area contributed by atoms with Crippen molar-refractivity contribution in [2.24, 2.45) is 0 Å². The number of carbonyl (C=O) groups is 1. The van der Waals surface area contributed by atoms with Crippen LogP contribution in [0.2, 0.25) is 0 Å². The molecular weight excluding hydrogens is 311 g/mol. The van der Waals surface area contributed by atoms with Crippen molar-refractivity contribution in [1.29, 1.82) is 5.26 Å². The second-order valence-corrected chi connectivity index (χ2v) is 4.16. The van der Waals surface area contributed by atoms with Crippen LogP contribution in [-0.4, -0.2) is 18.9 Å². The van der Waals surface area contributed by atoms with Crippen LogP contribution in [0.25, 0.3) is 0 Å². The van der Waals surface area contributed by atoms with Gasteiger partial charge in [0.05, 0.1) is 30.5 Å². The first-order valence-electron chi connectivity index (χ1n) is 5.84. The van der Waals surface area contributed by atoms with E-state index >= 15 is 0 Å². The Labute approximate surface area is 124 Å². The summed E-state index contributed by atoms with van der Waals surface area (Å²) in [4.78, 5) is 11.4. The van der Waals surface area contributed by atoms with Gasteiger partial charge in [-0.05, 0) is 24.6 Å². The molecule has 0 amide bonds. The minimum absolute atomic E-state index is 0.0777. The van der Waals surface area contributed by atoms with Crippen LogP contribution in [-0.2, 0) is 21.8 Å². The van der Waals surface area contributed by atoms with Crippen molar-refractivity contribution in [3.05, 3.63) is 28.8 Å². The summed E-state index contributed by atoms with van der Waals surface area (Å²) in [6.07, 6.45) is -5.19. The Kier molecular flexibility index (Phi) is 5.85. The Morgan fingerprint density at radius 2 is 2.10 bits per heavy atom. The molecule has 4 nitrogen and oxygen atoms in total. The summed E-state index contributed by atoms with van der Waals surface area (Å²) < 4.78 is 45.7. The van der Waals surface area contributed by atoms with Crippen molar-refractivity contribution in [2.45, 2.75) is 25.6 Å². The van der Waals surface area contributed by atoms with E-state index in [2.05, 4.69) is 4.74 Å². The lowest BCUT2D eigenvalue weighted by molar-refractivity contribution is -0.274. The van der Waals surface area contributed by atoms with Crippen LogP contribution in [0, 0.1) is 11.3 Å². The lowest BCUT2D eigenvalue weighted by Crippen LogP contribution is -2.19. The SMILES string of the molecule is CCOC(=O)Cc1cc(C#N)c(CCl)c(OC(F)(F)F)c1. The van der Waals surface area contributed by atoms with Gasteiger partial charge in [0, 0.05) is 5.56 Å². The third kappa shape index (κ3) is 5.16. The lowest BCUT2D eigenvalue weighted by Gasteiger charge is -2.14. The number of hydrogen-bond donors (Lipinski definition) is 0. The summed E-state index contributed by atoms with van der Waals surface area (Å²) in [5.41, 5.74) is 0.0215. The monoisotopic (exact) mass is 321 g/mol. The Morgan fingerprint density at radius 1 is 1.43 bits per heavy atom. The molecule has 0 aliphatic heterocycles. The third-order valence-corrected chi connectivity index (χ3v) is 2.67. The lowest BCUT2D eigenvalue weighted by atomic mass is 10.0. The van der Waals surface area contributed by atoms with Crippen molar-refractivity contribution >= 4 is 17.6 Å². The van der Waals surface area contributed by atoms with E-state index in [0.29, 0.717) is 0 Å². The van der Waals surface area contributed by atoms with Crippen molar-refractivity contribution < 1.29 is 27.4 Å². The van der Waals surface area contributed by atoms with Crippen LogP contribution in [0.4, 0.5) is 13.2 Å². The van der Waals surface area contributed by atoms with Gasteiger partial charge >= 0.3 is 12.3 Å². The summed E-state index contributed by atoms with van der Waals surface area (Å²) in [6, 6.07) is 4.05. The van der Waals surface area contributed by atoms with Crippen molar-refractivity contribution in [2.75, 3.05) is 6.61 Å². The molecule has 0 heterocycles. The van der Waals surface area contributed by atoms with Crippen molar-refractivity contribution in [3.63, 3.8) is 0 Å². The standard InChI is InChI=1S/C13H11ClF3NO3/c1-2-20-12(19)5-8-3-9(7-18)10(6-14)11(4-8)21-13(15,16)17/h3-4H,2,5-6H2,1H3. The van der Waals surface area contributed by atoms with Gasteiger partial charge in [-0.2, -0.15) is 5.26 Å². The van der Waals surface area contributed by atoms with E-state index in [9.17, 15) is 18.0 Å². The molecule has 8 heteroatoms. The minimum Gasteiger partial charge on any atom is -0.466 e. The fourth-order valence-corrected chi connectivity index (χ4v) is 1.91. The molecule has 0 spiro atoms. The molecular formula is C13H11ClF3NO3. The predicted molar refractivity (Wildman–Crippen MR) is 67.7 cm³/mol. The average molecular weight is 322 g/mol. The van der Waals surface area contributed by atoms with Crippen molar-refractivity contribution in [1.82, 2.24) is 0 Å². The molecule has 0 saturated heterocycles. The zero-order chi connectivity index (χ0) is 16.0. The summed E-state index contributed by atoms with van der Waals surface area (Å²) in [5, 5.41) is 8.97. The molecule has 0 atom stereocenters. The maximum absolute atomic E-state index is 12.4. The van der Waals surface area contributed by atoms with E-state index < -0.39 is 18.1 Å². The molecule has 1 rings (SSSR count). The molecule has 0 aliphatic carbocycles. The van der Waals surface area contributed by atoms with Crippen LogP contribution in [0.15, 0.2) is 12.1 Å². The minimum atomic E-state index is -4.92. The van der Waals surface area contributed by atoms with E-state index in [1.165, 1.54) is 6.07 Å². The summed E-state index contributed by atoms with van der Waals surface area (Å²) in [7, 11) is 0. The highest BCUT2D eigenvalue weighted by Gasteiger charge is 2.32. The maximum atomic E-state index is 12.4. The molecule has 0 saturated carbocycles. The molecule has 1 aromatic carbocycles. The van der Waals surface area contributed by atoms with Gasteiger partial charge in [0.25, 0.3) is 0 Å². The number of benzene rings is 1. The van der Waals surface area contributed by atoms with E-state index in [-0.39, 0.29) is 35.6 Å². The van der Waals surface area contributed by atoms with E-state index in [4.69, 9.17) is 21.6 Å². The molecule has 0 aliphatic rings. The number of rotatable bonds is 5. The number of nitriles is 1. The normalized spacial score (nSPS) is 10.9. The van der Waals surface area contributed by atoms with Gasteiger partial charge in [-0.3, -0.25) is 4.79 Å². The predicted octanol–water partition coefficient (Wildman–Crippen LogP) is 3.30. The van der Waals surface area contributed by atoms with E-state index in [1.54, 1.807) is 13.0 Å². The zero-order valence-corrected chi connectivity index (χ0v) is 11.7. The van der Waals surface area contributed by atoms with Crippen LogP contribution in [0.1, 0.15) is 23.6 Å². The topological polar surface area (TPSA) is 59.3 Å². The fraction of sp³-hybridized carbons (Fsp3) is 0.385. The number of nitrogens with zero attached hydrogens (tertiary/aromatic N) is 1. The third-order valence-electron chi connectivity index (χ3n) is 2.40.